The quantitative estimate of drug-likeness (QED) is 0.844. The second-order valence-electron chi connectivity index (χ2n) is 3.18. The summed E-state index contributed by atoms with van der Waals surface area (Å²) in [6.45, 7) is 0. The minimum Gasteiger partial charge on any atom is -0.308 e. The molecule has 0 fully saturated rings. The van der Waals surface area contributed by atoms with E-state index >= 15 is 0 Å². The number of anilines is 2. The molecule has 6 heteroatoms. The van der Waals surface area contributed by atoms with Crippen LogP contribution >= 0.6 is 22.9 Å². The number of hydrogen-bond acceptors (Lipinski definition) is 2. The van der Waals surface area contributed by atoms with Crippen LogP contribution in [0.4, 0.5) is 19.9 Å². The summed E-state index contributed by atoms with van der Waals surface area (Å²) in [5.41, 5.74) is 0.511. The molecule has 0 unspecified atom stereocenters. The van der Waals surface area contributed by atoms with E-state index in [1.807, 2.05) is 0 Å². The van der Waals surface area contributed by atoms with Gasteiger partial charge in [0.1, 0.15) is 10.8 Å². The number of thiophene rings is 1. The normalized spacial score (nSPS) is 10.0. The predicted octanol–water partition coefficient (Wildman–Crippen LogP) is 4.18. The van der Waals surface area contributed by atoms with Gasteiger partial charge < -0.3 is 5.32 Å². The van der Waals surface area contributed by atoms with Crippen molar-refractivity contribution >= 4 is 39.7 Å². The van der Waals surface area contributed by atoms with Crippen LogP contribution in [0, 0.1) is 5.82 Å². The Hall–Kier alpha value is -1.59. The first kappa shape index (κ1) is 11.9. The summed E-state index contributed by atoms with van der Waals surface area (Å²) in [6.07, 6.45) is 0. The number of benzene rings is 1. The van der Waals surface area contributed by atoms with E-state index < -0.39 is 6.03 Å². The van der Waals surface area contributed by atoms with Crippen molar-refractivity contribution in [3.05, 3.63) is 46.6 Å². The molecule has 0 saturated carbocycles. The first-order chi connectivity index (χ1) is 8.15. The van der Waals surface area contributed by atoms with Gasteiger partial charge in [0, 0.05) is 5.69 Å². The molecule has 3 nitrogen and oxygen atoms in total. The summed E-state index contributed by atoms with van der Waals surface area (Å²) >= 11 is 7.15. The van der Waals surface area contributed by atoms with Crippen molar-refractivity contribution in [3.63, 3.8) is 0 Å². The SMILES string of the molecule is O=C(Nc1ccc(F)cc1)Nc1sccc1Cl. The van der Waals surface area contributed by atoms with E-state index in [0.29, 0.717) is 15.7 Å². The molecule has 2 amide bonds. The van der Waals surface area contributed by atoms with Crippen LogP contribution in [0.3, 0.4) is 0 Å². The highest BCUT2D eigenvalue weighted by molar-refractivity contribution is 7.15. The molecule has 0 spiro atoms. The van der Waals surface area contributed by atoms with E-state index in [2.05, 4.69) is 10.6 Å². The number of hydrogen-bond donors (Lipinski definition) is 2. The van der Waals surface area contributed by atoms with Crippen molar-refractivity contribution in [2.24, 2.45) is 0 Å². The largest absolute Gasteiger partial charge is 0.324 e. The fourth-order valence-corrected chi connectivity index (χ4v) is 2.17. The molecule has 0 bridgehead atoms. The Labute approximate surface area is 106 Å². The second kappa shape index (κ2) is 5.16. The summed E-state index contributed by atoms with van der Waals surface area (Å²) in [5, 5.41) is 8.00. The predicted molar refractivity (Wildman–Crippen MR) is 68.4 cm³/mol. The Morgan fingerprint density at radius 3 is 2.47 bits per heavy atom. The lowest BCUT2D eigenvalue weighted by molar-refractivity contribution is 0.262. The molecule has 0 aliphatic heterocycles. The van der Waals surface area contributed by atoms with Gasteiger partial charge in [0.2, 0.25) is 0 Å². The minimum atomic E-state index is -0.416. The van der Waals surface area contributed by atoms with Gasteiger partial charge in [-0.1, -0.05) is 11.6 Å². The van der Waals surface area contributed by atoms with E-state index in [0.717, 1.165) is 0 Å². The molecule has 1 aromatic carbocycles. The summed E-state index contributed by atoms with van der Waals surface area (Å²) in [4.78, 5) is 11.5. The van der Waals surface area contributed by atoms with Gasteiger partial charge in [-0.3, -0.25) is 5.32 Å². The van der Waals surface area contributed by atoms with Crippen molar-refractivity contribution in [1.29, 1.82) is 0 Å². The third-order valence-electron chi connectivity index (χ3n) is 1.95. The highest BCUT2D eigenvalue weighted by Crippen LogP contribution is 2.27. The van der Waals surface area contributed by atoms with Crippen molar-refractivity contribution < 1.29 is 9.18 Å². The van der Waals surface area contributed by atoms with Crippen LogP contribution in [0.2, 0.25) is 5.02 Å². The second-order valence-corrected chi connectivity index (χ2v) is 4.51. The molecule has 0 saturated heterocycles. The number of amides is 2. The van der Waals surface area contributed by atoms with Crippen molar-refractivity contribution in [2.45, 2.75) is 0 Å². The van der Waals surface area contributed by atoms with Crippen molar-refractivity contribution in [3.8, 4) is 0 Å². The third-order valence-corrected chi connectivity index (χ3v) is 3.20. The van der Waals surface area contributed by atoms with E-state index in [4.69, 9.17) is 11.6 Å². The molecule has 0 aliphatic carbocycles. The standard InChI is InChI=1S/C11H8ClFN2OS/c12-9-5-6-17-10(9)15-11(16)14-8-3-1-7(13)2-4-8/h1-6H,(H2,14,15,16). The Balaban J connectivity index is 1.98. The van der Waals surface area contributed by atoms with Gasteiger partial charge in [0.05, 0.1) is 5.02 Å². The maximum Gasteiger partial charge on any atom is 0.324 e. The van der Waals surface area contributed by atoms with E-state index in [-0.39, 0.29) is 5.82 Å². The van der Waals surface area contributed by atoms with E-state index in [9.17, 15) is 9.18 Å². The average Bonchev–Trinajstić information content (AvgIpc) is 2.68. The Morgan fingerprint density at radius 2 is 1.88 bits per heavy atom. The molecule has 88 valence electrons. The van der Waals surface area contributed by atoms with Gasteiger partial charge in [0.15, 0.2) is 0 Å². The Kier molecular flexibility index (Phi) is 3.61. The van der Waals surface area contributed by atoms with Gasteiger partial charge >= 0.3 is 6.03 Å². The molecule has 1 heterocycles. The molecular weight excluding hydrogens is 263 g/mol. The van der Waals surface area contributed by atoms with Gasteiger partial charge in [-0.2, -0.15) is 0 Å². The average molecular weight is 271 g/mol. The maximum atomic E-state index is 12.6. The first-order valence-electron chi connectivity index (χ1n) is 4.72. The fraction of sp³-hybridized carbons (Fsp3) is 0. The van der Waals surface area contributed by atoms with Crippen LogP contribution in [0.1, 0.15) is 0 Å². The molecule has 2 rings (SSSR count). The fourth-order valence-electron chi connectivity index (χ4n) is 1.18. The summed E-state index contributed by atoms with van der Waals surface area (Å²) < 4.78 is 12.6. The minimum absolute atomic E-state index is 0.350. The first-order valence-corrected chi connectivity index (χ1v) is 5.97. The van der Waals surface area contributed by atoms with Crippen LogP contribution in [-0.4, -0.2) is 6.03 Å². The molecule has 2 N–H and O–H groups in total. The van der Waals surface area contributed by atoms with Crippen molar-refractivity contribution in [1.82, 2.24) is 0 Å². The topological polar surface area (TPSA) is 41.1 Å². The van der Waals surface area contributed by atoms with Crippen LogP contribution in [0.15, 0.2) is 35.7 Å². The zero-order valence-corrected chi connectivity index (χ0v) is 10.1. The van der Waals surface area contributed by atoms with Crippen LogP contribution in [0.25, 0.3) is 0 Å². The number of rotatable bonds is 2. The summed E-state index contributed by atoms with van der Waals surface area (Å²) in [5.74, 6) is -0.350. The molecule has 1 aromatic heterocycles. The van der Waals surface area contributed by atoms with Gasteiger partial charge in [-0.25, -0.2) is 9.18 Å². The third kappa shape index (κ3) is 3.18. The molecule has 0 atom stereocenters. The summed E-state index contributed by atoms with van der Waals surface area (Å²) in [7, 11) is 0. The van der Waals surface area contributed by atoms with Crippen LogP contribution in [0.5, 0.6) is 0 Å². The molecule has 2 aromatic rings. The number of halogens is 2. The van der Waals surface area contributed by atoms with Gasteiger partial charge in [-0.15, -0.1) is 11.3 Å². The number of nitrogens with one attached hydrogen (secondary N) is 2. The lowest BCUT2D eigenvalue weighted by Gasteiger charge is -2.06. The number of carbonyl (C=O) groups excluding carboxylic acids is 1. The Morgan fingerprint density at radius 1 is 1.18 bits per heavy atom. The zero-order chi connectivity index (χ0) is 12.3. The van der Waals surface area contributed by atoms with Crippen LogP contribution < -0.4 is 10.6 Å². The van der Waals surface area contributed by atoms with E-state index in [1.165, 1.54) is 35.6 Å². The molecule has 0 aliphatic rings. The van der Waals surface area contributed by atoms with Gasteiger partial charge in [-0.05, 0) is 35.7 Å². The highest BCUT2D eigenvalue weighted by atomic mass is 35.5. The molecule has 0 radical (unpaired) electrons. The number of urea groups is 1. The maximum absolute atomic E-state index is 12.6. The molecular formula is C11H8ClFN2OS. The van der Waals surface area contributed by atoms with E-state index in [1.54, 1.807) is 11.4 Å². The summed E-state index contributed by atoms with van der Waals surface area (Å²) in [6, 6.07) is 6.78. The lowest BCUT2D eigenvalue weighted by Crippen LogP contribution is -2.18. The van der Waals surface area contributed by atoms with Gasteiger partial charge in [0.25, 0.3) is 0 Å². The van der Waals surface area contributed by atoms with Crippen LogP contribution in [-0.2, 0) is 0 Å². The monoisotopic (exact) mass is 270 g/mol. The number of carbonyl (C=O) groups is 1. The smallest absolute Gasteiger partial charge is 0.308 e. The zero-order valence-electron chi connectivity index (χ0n) is 8.54. The lowest BCUT2D eigenvalue weighted by atomic mass is 10.3. The molecule has 17 heavy (non-hydrogen) atoms. The van der Waals surface area contributed by atoms with Crippen molar-refractivity contribution in [2.75, 3.05) is 10.6 Å². The Bertz CT molecular complexity index is 527. The highest BCUT2D eigenvalue weighted by Gasteiger charge is 2.06.